The number of nitrogens with zero attached hydrogens (tertiary/aromatic N) is 4. The van der Waals surface area contributed by atoms with Gasteiger partial charge in [0.2, 0.25) is 5.91 Å². The molecule has 172 valence electrons. The van der Waals surface area contributed by atoms with Gasteiger partial charge in [0, 0.05) is 38.3 Å². The minimum atomic E-state index is -1.03. The van der Waals surface area contributed by atoms with Crippen LogP contribution in [0.15, 0.2) is 30.5 Å². The Balaban J connectivity index is 2.04. The van der Waals surface area contributed by atoms with Crippen molar-refractivity contribution in [2.75, 3.05) is 38.1 Å². The summed E-state index contributed by atoms with van der Waals surface area (Å²) in [7, 11) is 1.98. The molecule has 9 heteroatoms. The Morgan fingerprint density at radius 1 is 1.06 bits per heavy atom. The van der Waals surface area contributed by atoms with Crippen molar-refractivity contribution in [3.05, 3.63) is 58.4 Å². The molecule has 2 amide bonds. The lowest BCUT2D eigenvalue weighted by Crippen LogP contribution is -2.38. The van der Waals surface area contributed by atoms with Gasteiger partial charge in [0.1, 0.15) is 5.69 Å². The number of halogens is 3. The molecule has 2 aromatic rings. The third-order valence-corrected chi connectivity index (χ3v) is 5.72. The molecule has 3 rings (SSSR count). The van der Waals surface area contributed by atoms with Crippen LogP contribution in [0.5, 0.6) is 0 Å². The van der Waals surface area contributed by atoms with Gasteiger partial charge in [-0.1, -0.05) is 18.5 Å². The molecule has 0 bridgehead atoms. The van der Waals surface area contributed by atoms with Gasteiger partial charge in [-0.3, -0.25) is 9.59 Å². The molecule has 0 saturated heterocycles. The number of rotatable bonds is 2. The summed E-state index contributed by atoms with van der Waals surface area (Å²) in [5, 5.41) is 0.411. The van der Waals surface area contributed by atoms with Gasteiger partial charge in [-0.25, -0.2) is 13.8 Å². The van der Waals surface area contributed by atoms with Crippen molar-refractivity contribution in [1.82, 2.24) is 14.8 Å². The van der Waals surface area contributed by atoms with E-state index >= 15 is 0 Å². The normalized spacial score (nSPS) is 16.2. The summed E-state index contributed by atoms with van der Waals surface area (Å²) in [6, 6.07) is 5.24. The predicted octanol–water partition coefficient (Wildman–Crippen LogP) is 4.12. The average molecular weight is 465 g/mol. The Hall–Kier alpha value is -2.58. The maximum atomic E-state index is 14.2. The molecule has 32 heavy (non-hydrogen) atoms. The zero-order chi connectivity index (χ0) is 23.3. The first-order valence-corrected chi connectivity index (χ1v) is 11.1. The highest BCUT2D eigenvalue weighted by molar-refractivity contribution is 6.30. The fourth-order valence-corrected chi connectivity index (χ4v) is 3.90. The molecule has 1 aliphatic heterocycles. The van der Waals surface area contributed by atoms with Crippen molar-refractivity contribution in [2.45, 2.75) is 32.7 Å². The monoisotopic (exact) mass is 464 g/mol. The molecule has 1 aromatic heterocycles. The Labute approximate surface area is 191 Å². The van der Waals surface area contributed by atoms with E-state index in [9.17, 15) is 18.4 Å². The number of carbonyl (C=O) groups excluding carboxylic acids is 2. The molecule has 0 aliphatic carbocycles. The van der Waals surface area contributed by atoms with E-state index in [0.29, 0.717) is 42.2 Å². The van der Waals surface area contributed by atoms with Gasteiger partial charge in [-0.15, -0.1) is 0 Å². The van der Waals surface area contributed by atoms with Crippen LogP contribution in [0.2, 0.25) is 5.02 Å². The Morgan fingerprint density at radius 3 is 2.41 bits per heavy atom. The van der Waals surface area contributed by atoms with Gasteiger partial charge in [0.15, 0.2) is 11.6 Å². The molecule has 0 saturated carbocycles. The maximum Gasteiger partial charge on any atom is 0.272 e. The molecule has 1 aliphatic rings. The maximum absolute atomic E-state index is 14.2. The van der Waals surface area contributed by atoms with E-state index in [0.717, 1.165) is 25.2 Å². The number of fused-ring (bicyclic) bond motifs is 1. The molecular weight excluding hydrogens is 438 g/mol. The standard InChI is InChI=1S/C23H27ClF2N4O2/c1-3-22(31)30-11-5-9-28(2)8-4-10-29(23(32)20-7-6-17(24)14-27-20)15-16-12-18(25)19(26)13-21(16)30/h6-7,12-14H,3-5,8-11,15H2,1-2H3. The van der Waals surface area contributed by atoms with Crippen LogP contribution in [-0.2, 0) is 11.3 Å². The first kappa shape index (κ1) is 24.1. The summed E-state index contributed by atoms with van der Waals surface area (Å²) in [5.41, 5.74) is 0.878. The van der Waals surface area contributed by atoms with Crippen molar-refractivity contribution >= 4 is 29.1 Å². The molecule has 0 unspecified atom stereocenters. The van der Waals surface area contributed by atoms with Crippen LogP contribution in [0, 0.1) is 11.6 Å². The quantitative estimate of drug-likeness (QED) is 0.670. The van der Waals surface area contributed by atoms with Gasteiger partial charge in [-0.05, 0) is 56.7 Å². The third-order valence-electron chi connectivity index (χ3n) is 5.50. The smallest absolute Gasteiger partial charge is 0.272 e. The van der Waals surface area contributed by atoms with Gasteiger partial charge < -0.3 is 14.7 Å². The number of pyridine rings is 1. The summed E-state index contributed by atoms with van der Waals surface area (Å²) in [6.07, 6.45) is 3.01. The van der Waals surface area contributed by atoms with Crippen LogP contribution in [0.25, 0.3) is 0 Å². The lowest BCUT2D eigenvalue weighted by Gasteiger charge is -2.30. The van der Waals surface area contributed by atoms with Gasteiger partial charge >= 0.3 is 0 Å². The van der Waals surface area contributed by atoms with Gasteiger partial charge in [0.05, 0.1) is 10.7 Å². The van der Waals surface area contributed by atoms with Crippen molar-refractivity contribution in [2.24, 2.45) is 0 Å². The van der Waals surface area contributed by atoms with E-state index in [1.807, 2.05) is 7.05 Å². The zero-order valence-corrected chi connectivity index (χ0v) is 19.0. The van der Waals surface area contributed by atoms with E-state index in [4.69, 9.17) is 11.6 Å². The predicted molar refractivity (Wildman–Crippen MR) is 120 cm³/mol. The van der Waals surface area contributed by atoms with E-state index < -0.39 is 11.6 Å². The Kier molecular flexibility index (Phi) is 8.15. The van der Waals surface area contributed by atoms with E-state index in [1.165, 1.54) is 17.2 Å². The number of aromatic nitrogens is 1. The highest BCUT2D eigenvalue weighted by Crippen LogP contribution is 2.27. The summed E-state index contributed by atoms with van der Waals surface area (Å²) in [6.45, 7) is 4.01. The van der Waals surface area contributed by atoms with Crippen molar-refractivity contribution in [3.63, 3.8) is 0 Å². The highest BCUT2D eigenvalue weighted by Gasteiger charge is 2.25. The minimum absolute atomic E-state index is 0.0207. The van der Waals surface area contributed by atoms with Crippen LogP contribution in [0.1, 0.15) is 42.2 Å². The van der Waals surface area contributed by atoms with E-state index in [2.05, 4.69) is 9.88 Å². The first-order chi connectivity index (χ1) is 15.3. The molecule has 0 N–H and O–H groups in total. The number of hydrogen-bond acceptors (Lipinski definition) is 4. The molecule has 6 nitrogen and oxygen atoms in total. The lowest BCUT2D eigenvalue weighted by molar-refractivity contribution is -0.118. The molecule has 0 fully saturated rings. The van der Waals surface area contributed by atoms with Gasteiger partial charge in [-0.2, -0.15) is 0 Å². The first-order valence-electron chi connectivity index (χ1n) is 10.7. The summed E-state index contributed by atoms with van der Waals surface area (Å²) in [4.78, 5) is 35.2. The second-order valence-electron chi connectivity index (χ2n) is 7.89. The Bertz CT molecular complexity index is 971. The third kappa shape index (κ3) is 5.81. The lowest BCUT2D eigenvalue weighted by atomic mass is 10.1. The van der Waals surface area contributed by atoms with Gasteiger partial charge in [0.25, 0.3) is 5.91 Å². The largest absolute Gasteiger partial charge is 0.333 e. The second kappa shape index (κ2) is 10.8. The number of anilines is 1. The molecule has 2 heterocycles. The molecule has 0 spiro atoms. The van der Waals surface area contributed by atoms with Crippen molar-refractivity contribution in [1.29, 1.82) is 0 Å². The SMILES string of the molecule is CCC(=O)N1CCCN(C)CCCN(C(=O)c2ccc(Cl)cn2)Cc2cc(F)c(F)cc21. The zero-order valence-electron chi connectivity index (χ0n) is 18.3. The Morgan fingerprint density at radius 2 is 1.75 bits per heavy atom. The van der Waals surface area contributed by atoms with Crippen molar-refractivity contribution in [3.8, 4) is 0 Å². The number of benzene rings is 1. The number of carbonyl (C=O) groups is 2. The highest BCUT2D eigenvalue weighted by atomic mass is 35.5. The van der Waals surface area contributed by atoms with Crippen LogP contribution in [0.3, 0.4) is 0 Å². The molecular formula is C23H27ClF2N4O2. The summed E-state index contributed by atoms with van der Waals surface area (Å²) < 4.78 is 28.4. The minimum Gasteiger partial charge on any atom is -0.333 e. The van der Waals surface area contributed by atoms with Crippen LogP contribution in [0.4, 0.5) is 14.5 Å². The number of amides is 2. The topological polar surface area (TPSA) is 56.8 Å². The van der Waals surface area contributed by atoms with Crippen LogP contribution >= 0.6 is 11.6 Å². The van der Waals surface area contributed by atoms with E-state index in [-0.39, 0.29) is 30.5 Å². The van der Waals surface area contributed by atoms with E-state index in [1.54, 1.807) is 17.9 Å². The average Bonchev–Trinajstić information content (AvgIpc) is 2.77. The fourth-order valence-electron chi connectivity index (χ4n) is 3.79. The fraction of sp³-hybridized carbons (Fsp3) is 0.435. The van der Waals surface area contributed by atoms with Crippen LogP contribution < -0.4 is 4.90 Å². The van der Waals surface area contributed by atoms with Crippen molar-refractivity contribution < 1.29 is 18.4 Å². The summed E-state index contributed by atoms with van der Waals surface area (Å²) in [5.74, 6) is -2.57. The van der Waals surface area contributed by atoms with Crippen LogP contribution in [-0.4, -0.2) is 59.8 Å². The number of hydrogen-bond donors (Lipinski definition) is 0. The molecule has 0 radical (unpaired) electrons. The summed E-state index contributed by atoms with van der Waals surface area (Å²) >= 11 is 5.89. The molecule has 1 aromatic carbocycles. The molecule has 0 atom stereocenters. The second-order valence-corrected chi connectivity index (χ2v) is 8.33.